The third-order valence-corrected chi connectivity index (χ3v) is 3.95. The van der Waals surface area contributed by atoms with E-state index in [0.29, 0.717) is 28.8 Å². The SMILES string of the molecule is CCn1c(=O)c(=O)[nH]c2cc(C(=O)Nc3ccc(C)cc3O)ccc21. The number of carbonyl (C=O) groups is 1. The number of aromatic amines is 1. The van der Waals surface area contributed by atoms with Gasteiger partial charge in [0.05, 0.1) is 16.7 Å². The smallest absolute Gasteiger partial charge is 0.316 e. The summed E-state index contributed by atoms with van der Waals surface area (Å²) < 4.78 is 1.35. The standard InChI is InChI=1S/C18H17N3O4/c1-3-21-14-7-5-11(9-13(14)20-17(24)18(21)25)16(23)19-12-6-4-10(2)8-15(12)22/h4-9,22H,3H2,1-2H3,(H,19,23)(H,20,24). The molecule has 0 saturated heterocycles. The minimum absolute atomic E-state index is 0.0256. The second-order valence-corrected chi connectivity index (χ2v) is 5.71. The van der Waals surface area contributed by atoms with Gasteiger partial charge in [-0.2, -0.15) is 0 Å². The molecular weight excluding hydrogens is 322 g/mol. The van der Waals surface area contributed by atoms with Gasteiger partial charge in [0.25, 0.3) is 5.91 Å². The molecule has 0 spiro atoms. The minimum Gasteiger partial charge on any atom is -0.506 e. The van der Waals surface area contributed by atoms with Crippen molar-refractivity contribution in [1.82, 2.24) is 9.55 Å². The zero-order valence-electron chi connectivity index (χ0n) is 13.8. The van der Waals surface area contributed by atoms with Gasteiger partial charge in [-0.3, -0.25) is 14.4 Å². The summed E-state index contributed by atoms with van der Waals surface area (Å²) in [6.07, 6.45) is 0. The summed E-state index contributed by atoms with van der Waals surface area (Å²) in [4.78, 5) is 38.5. The van der Waals surface area contributed by atoms with Crippen LogP contribution in [0.15, 0.2) is 46.0 Å². The molecule has 25 heavy (non-hydrogen) atoms. The molecule has 0 aliphatic heterocycles. The first kappa shape index (κ1) is 16.5. The summed E-state index contributed by atoms with van der Waals surface area (Å²) in [5, 5.41) is 12.5. The zero-order valence-corrected chi connectivity index (χ0v) is 13.8. The van der Waals surface area contributed by atoms with Crippen molar-refractivity contribution >= 4 is 22.6 Å². The van der Waals surface area contributed by atoms with Crippen molar-refractivity contribution < 1.29 is 9.90 Å². The largest absolute Gasteiger partial charge is 0.506 e. The molecule has 2 aromatic carbocycles. The van der Waals surface area contributed by atoms with Crippen LogP contribution in [-0.2, 0) is 6.54 Å². The van der Waals surface area contributed by atoms with Gasteiger partial charge in [-0.05, 0) is 49.7 Å². The van der Waals surface area contributed by atoms with Crippen molar-refractivity contribution in [3.05, 3.63) is 68.2 Å². The Morgan fingerprint density at radius 3 is 2.64 bits per heavy atom. The van der Waals surface area contributed by atoms with E-state index < -0.39 is 17.0 Å². The van der Waals surface area contributed by atoms with Gasteiger partial charge in [-0.1, -0.05) is 6.07 Å². The number of hydrogen-bond acceptors (Lipinski definition) is 4. The topological polar surface area (TPSA) is 104 Å². The van der Waals surface area contributed by atoms with E-state index in [1.807, 2.05) is 6.92 Å². The number of carbonyl (C=O) groups excluding carboxylic acids is 1. The van der Waals surface area contributed by atoms with Crippen molar-refractivity contribution in [1.29, 1.82) is 0 Å². The van der Waals surface area contributed by atoms with Gasteiger partial charge in [-0.25, -0.2) is 0 Å². The highest BCUT2D eigenvalue weighted by Crippen LogP contribution is 2.24. The number of nitrogens with zero attached hydrogens (tertiary/aromatic N) is 1. The maximum absolute atomic E-state index is 12.4. The van der Waals surface area contributed by atoms with Gasteiger partial charge >= 0.3 is 11.1 Å². The van der Waals surface area contributed by atoms with E-state index in [2.05, 4.69) is 10.3 Å². The van der Waals surface area contributed by atoms with Crippen molar-refractivity contribution in [3.8, 4) is 5.75 Å². The molecular formula is C18H17N3O4. The number of benzene rings is 2. The van der Waals surface area contributed by atoms with Crippen LogP contribution in [0.5, 0.6) is 5.75 Å². The molecule has 0 aliphatic rings. The Labute approximate surface area is 142 Å². The monoisotopic (exact) mass is 339 g/mol. The summed E-state index contributed by atoms with van der Waals surface area (Å²) in [7, 11) is 0. The van der Waals surface area contributed by atoms with Crippen LogP contribution in [0.1, 0.15) is 22.8 Å². The lowest BCUT2D eigenvalue weighted by Crippen LogP contribution is -2.36. The molecule has 1 heterocycles. The number of amides is 1. The maximum Gasteiger partial charge on any atom is 0.316 e. The number of fused-ring (bicyclic) bond motifs is 1. The first-order valence-corrected chi connectivity index (χ1v) is 7.78. The molecule has 0 unspecified atom stereocenters. The number of H-pyrrole nitrogens is 1. The third kappa shape index (κ3) is 3.03. The van der Waals surface area contributed by atoms with Gasteiger partial charge < -0.3 is 20.0 Å². The molecule has 0 saturated carbocycles. The average molecular weight is 339 g/mol. The number of nitrogens with one attached hydrogen (secondary N) is 2. The van der Waals surface area contributed by atoms with Gasteiger partial charge in [0.2, 0.25) is 0 Å². The molecule has 1 aromatic heterocycles. The van der Waals surface area contributed by atoms with Crippen LogP contribution in [0.25, 0.3) is 11.0 Å². The fraction of sp³-hybridized carbons (Fsp3) is 0.167. The van der Waals surface area contributed by atoms with E-state index in [-0.39, 0.29) is 5.75 Å². The highest BCUT2D eigenvalue weighted by atomic mass is 16.3. The lowest BCUT2D eigenvalue weighted by Gasteiger charge is -2.10. The van der Waals surface area contributed by atoms with E-state index in [9.17, 15) is 19.5 Å². The number of rotatable bonds is 3. The Balaban J connectivity index is 2.01. The lowest BCUT2D eigenvalue weighted by molar-refractivity contribution is 0.102. The van der Waals surface area contributed by atoms with Crippen LogP contribution >= 0.6 is 0 Å². The fourth-order valence-electron chi connectivity index (χ4n) is 2.68. The van der Waals surface area contributed by atoms with Crippen LogP contribution in [-0.4, -0.2) is 20.6 Å². The maximum atomic E-state index is 12.4. The van der Waals surface area contributed by atoms with E-state index in [1.54, 1.807) is 37.3 Å². The quantitative estimate of drug-likeness (QED) is 0.501. The number of aromatic hydroxyl groups is 1. The van der Waals surface area contributed by atoms with Crippen molar-refractivity contribution in [2.24, 2.45) is 0 Å². The zero-order chi connectivity index (χ0) is 18.1. The number of phenolic OH excluding ortho intramolecular Hbond substituents is 1. The molecule has 7 nitrogen and oxygen atoms in total. The Bertz CT molecular complexity index is 1100. The minimum atomic E-state index is -0.733. The van der Waals surface area contributed by atoms with Gasteiger partial charge in [0, 0.05) is 12.1 Å². The molecule has 1 amide bonds. The van der Waals surface area contributed by atoms with Crippen molar-refractivity contribution in [3.63, 3.8) is 0 Å². The molecule has 3 N–H and O–H groups in total. The second kappa shape index (κ2) is 6.27. The van der Waals surface area contributed by atoms with E-state index in [1.165, 1.54) is 10.6 Å². The van der Waals surface area contributed by atoms with Crippen LogP contribution in [0.2, 0.25) is 0 Å². The van der Waals surface area contributed by atoms with Gasteiger partial charge in [-0.15, -0.1) is 0 Å². The Kier molecular flexibility index (Phi) is 4.14. The average Bonchev–Trinajstić information content (AvgIpc) is 2.58. The first-order valence-electron chi connectivity index (χ1n) is 7.78. The third-order valence-electron chi connectivity index (χ3n) is 3.95. The summed E-state index contributed by atoms with van der Waals surface area (Å²) in [6.45, 7) is 3.95. The van der Waals surface area contributed by atoms with Gasteiger partial charge in [0.1, 0.15) is 5.75 Å². The molecule has 0 fully saturated rings. The Morgan fingerprint density at radius 1 is 1.20 bits per heavy atom. The second-order valence-electron chi connectivity index (χ2n) is 5.71. The fourth-order valence-corrected chi connectivity index (χ4v) is 2.68. The summed E-state index contributed by atoms with van der Waals surface area (Å²) in [5.74, 6) is -0.460. The molecule has 0 bridgehead atoms. The molecule has 0 aliphatic carbocycles. The Morgan fingerprint density at radius 2 is 1.96 bits per heavy atom. The summed E-state index contributed by atoms with van der Waals surface area (Å²) >= 11 is 0. The van der Waals surface area contributed by atoms with E-state index in [4.69, 9.17) is 0 Å². The predicted octanol–water partition coefficient (Wildman–Crippen LogP) is 1.98. The molecule has 3 aromatic rings. The van der Waals surface area contributed by atoms with Crippen LogP contribution in [0, 0.1) is 6.92 Å². The van der Waals surface area contributed by atoms with Gasteiger partial charge in [0.15, 0.2) is 0 Å². The summed E-state index contributed by atoms with van der Waals surface area (Å²) in [6, 6.07) is 9.61. The molecule has 7 heteroatoms. The molecule has 0 radical (unpaired) electrons. The lowest BCUT2D eigenvalue weighted by atomic mass is 10.1. The van der Waals surface area contributed by atoms with E-state index >= 15 is 0 Å². The van der Waals surface area contributed by atoms with Crippen LogP contribution < -0.4 is 16.4 Å². The van der Waals surface area contributed by atoms with Crippen molar-refractivity contribution in [2.75, 3.05) is 5.32 Å². The van der Waals surface area contributed by atoms with E-state index in [0.717, 1.165) is 5.56 Å². The van der Waals surface area contributed by atoms with Crippen molar-refractivity contribution in [2.45, 2.75) is 20.4 Å². The number of phenols is 1. The van der Waals surface area contributed by atoms with Crippen LogP contribution in [0.3, 0.4) is 0 Å². The predicted molar refractivity (Wildman–Crippen MR) is 95.3 cm³/mol. The molecule has 128 valence electrons. The van der Waals surface area contributed by atoms with Crippen LogP contribution in [0.4, 0.5) is 5.69 Å². The molecule has 3 rings (SSSR count). The first-order chi connectivity index (χ1) is 11.9. The number of aryl methyl sites for hydroxylation is 2. The highest BCUT2D eigenvalue weighted by molar-refractivity contribution is 6.06. The Hall–Kier alpha value is -3.35. The molecule has 0 atom stereocenters. The normalized spacial score (nSPS) is 10.8. The highest BCUT2D eigenvalue weighted by Gasteiger charge is 2.12. The summed E-state index contributed by atoms with van der Waals surface area (Å²) in [5.41, 5.74) is 1.04. The number of anilines is 1. The number of hydrogen-bond donors (Lipinski definition) is 3. The number of aromatic nitrogens is 2.